The summed E-state index contributed by atoms with van der Waals surface area (Å²) < 4.78 is 4.27. The fourth-order valence-corrected chi connectivity index (χ4v) is 2.89. The van der Waals surface area contributed by atoms with E-state index in [4.69, 9.17) is 0 Å². The third kappa shape index (κ3) is 2.85. The topological polar surface area (TPSA) is 34.8 Å². The maximum Gasteiger partial charge on any atom is 0.0489 e. The van der Waals surface area contributed by atoms with Crippen molar-refractivity contribution in [3.05, 3.63) is 54.0 Å². The molecule has 0 radical (unpaired) electrons. The lowest BCUT2D eigenvalue weighted by molar-refractivity contribution is 0.538. The molecular weight excluding hydrogens is 260 g/mol. The summed E-state index contributed by atoms with van der Waals surface area (Å²) in [7, 11) is 2.15. The van der Waals surface area contributed by atoms with Crippen molar-refractivity contribution in [2.24, 2.45) is 7.05 Å². The van der Waals surface area contributed by atoms with Crippen molar-refractivity contribution in [2.45, 2.75) is 26.4 Å². The van der Waals surface area contributed by atoms with Gasteiger partial charge in [-0.15, -0.1) is 0 Å². The summed E-state index contributed by atoms with van der Waals surface area (Å²) in [5, 5.41) is 9.11. The van der Waals surface area contributed by atoms with E-state index in [0.717, 1.165) is 26.1 Å². The third-order valence-corrected chi connectivity index (χ3v) is 4.10. The van der Waals surface area contributed by atoms with Crippen molar-refractivity contribution < 1.29 is 0 Å². The summed E-state index contributed by atoms with van der Waals surface area (Å²) in [4.78, 5) is 0. The maximum atomic E-state index is 4.21. The van der Waals surface area contributed by atoms with Gasteiger partial charge in [-0.05, 0) is 37.6 Å². The zero-order valence-electron chi connectivity index (χ0n) is 12.7. The number of aryl methyl sites for hydroxylation is 3. The molecule has 3 aromatic rings. The molecule has 0 saturated carbocycles. The quantitative estimate of drug-likeness (QED) is 0.706. The second-order valence-electron chi connectivity index (χ2n) is 5.45. The van der Waals surface area contributed by atoms with Gasteiger partial charge in [0, 0.05) is 49.1 Å². The Labute approximate surface area is 125 Å². The number of hydrogen-bond donors (Lipinski definition) is 1. The smallest absolute Gasteiger partial charge is 0.0489 e. The first-order chi connectivity index (χ1) is 10.3. The number of rotatable bonds is 6. The summed E-state index contributed by atoms with van der Waals surface area (Å²) >= 11 is 0. The van der Waals surface area contributed by atoms with Crippen LogP contribution in [0.15, 0.2) is 42.7 Å². The highest BCUT2D eigenvalue weighted by molar-refractivity contribution is 5.85. The van der Waals surface area contributed by atoms with Crippen LogP contribution >= 0.6 is 0 Å². The summed E-state index contributed by atoms with van der Waals surface area (Å²) in [5.41, 5.74) is 4.06. The Bertz CT molecular complexity index is 671. The highest BCUT2D eigenvalue weighted by Crippen LogP contribution is 2.24. The number of para-hydroxylation sites is 1. The first kappa shape index (κ1) is 13.9. The molecule has 1 N–H and O–H groups in total. The van der Waals surface area contributed by atoms with E-state index >= 15 is 0 Å². The molecule has 0 amide bonds. The fraction of sp³-hybridized carbons (Fsp3) is 0.353. The maximum absolute atomic E-state index is 4.21. The van der Waals surface area contributed by atoms with Crippen LogP contribution in [0.4, 0.5) is 0 Å². The molecular formula is C17H22N4. The lowest BCUT2D eigenvalue weighted by atomic mass is 10.1. The van der Waals surface area contributed by atoms with Gasteiger partial charge in [-0.1, -0.05) is 18.2 Å². The van der Waals surface area contributed by atoms with Gasteiger partial charge in [0.15, 0.2) is 0 Å². The molecule has 0 aliphatic rings. The lowest BCUT2D eigenvalue weighted by Gasteiger charge is -2.08. The summed E-state index contributed by atoms with van der Waals surface area (Å²) in [6.45, 7) is 5.09. The molecule has 3 rings (SSSR count). The number of hydrogen-bond acceptors (Lipinski definition) is 2. The van der Waals surface area contributed by atoms with Crippen LogP contribution in [0.25, 0.3) is 10.9 Å². The van der Waals surface area contributed by atoms with E-state index in [0.29, 0.717) is 0 Å². The highest BCUT2D eigenvalue weighted by Gasteiger charge is 2.10. The Hall–Kier alpha value is -2.07. The van der Waals surface area contributed by atoms with Crippen LogP contribution in [0, 0.1) is 6.92 Å². The molecule has 0 fully saturated rings. The molecule has 2 heterocycles. The van der Waals surface area contributed by atoms with Crippen LogP contribution in [0.1, 0.15) is 17.7 Å². The summed E-state index contributed by atoms with van der Waals surface area (Å²) in [6.07, 6.45) is 4.92. The minimum absolute atomic E-state index is 0.913. The molecule has 0 aliphatic carbocycles. The van der Waals surface area contributed by atoms with Gasteiger partial charge < -0.3 is 9.88 Å². The molecule has 110 valence electrons. The van der Waals surface area contributed by atoms with E-state index in [-0.39, 0.29) is 0 Å². The molecule has 0 aliphatic heterocycles. The average Bonchev–Trinajstić information content (AvgIpc) is 3.10. The van der Waals surface area contributed by atoms with Gasteiger partial charge in [0.2, 0.25) is 0 Å². The van der Waals surface area contributed by atoms with Crippen molar-refractivity contribution >= 4 is 10.9 Å². The second-order valence-corrected chi connectivity index (χ2v) is 5.45. The van der Waals surface area contributed by atoms with Crippen LogP contribution in [-0.2, 0) is 20.1 Å². The van der Waals surface area contributed by atoms with Crippen molar-refractivity contribution in [2.75, 3.05) is 6.54 Å². The van der Waals surface area contributed by atoms with Crippen molar-refractivity contribution in [1.82, 2.24) is 19.7 Å². The highest BCUT2D eigenvalue weighted by atomic mass is 15.3. The van der Waals surface area contributed by atoms with Crippen molar-refractivity contribution in [1.29, 1.82) is 0 Å². The lowest BCUT2D eigenvalue weighted by Crippen LogP contribution is -2.18. The molecule has 4 heteroatoms. The van der Waals surface area contributed by atoms with E-state index in [1.54, 1.807) is 0 Å². The average molecular weight is 282 g/mol. The normalized spacial score (nSPS) is 11.3. The molecule has 21 heavy (non-hydrogen) atoms. The van der Waals surface area contributed by atoms with E-state index < -0.39 is 0 Å². The Morgan fingerprint density at radius 3 is 2.81 bits per heavy atom. The number of fused-ring (bicyclic) bond motifs is 1. The number of nitrogens with zero attached hydrogens (tertiary/aromatic N) is 3. The first-order valence-corrected chi connectivity index (χ1v) is 7.48. The van der Waals surface area contributed by atoms with Gasteiger partial charge in [-0.2, -0.15) is 5.10 Å². The Balaban J connectivity index is 1.58. The minimum Gasteiger partial charge on any atom is -0.346 e. The number of nitrogens with one attached hydrogen (secondary N) is 1. The standard InChI is InChI=1S/C17H22N4/c1-14-15-7-3-4-8-16(15)20(2)17(14)13-18-9-5-11-21-12-6-10-19-21/h3-4,6-8,10,12,18H,5,9,11,13H2,1-2H3. The number of benzene rings is 1. The van der Waals surface area contributed by atoms with Crippen LogP contribution < -0.4 is 5.32 Å². The van der Waals surface area contributed by atoms with Crippen LogP contribution in [0.5, 0.6) is 0 Å². The van der Waals surface area contributed by atoms with Gasteiger partial charge in [0.1, 0.15) is 0 Å². The third-order valence-electron chi connectivity index (χ3n) is 4.10. The summed E-state index contributed by atoms with van der Waals surface area (Å²) in [6, 6.07) is 10.6. The molecule has 4 nitrogen and oxygen atoms in total. The van der Waals surface area contributed by atoms with E-state index in [9.17, 15) is 0 Å². The molecule has 0 unspecified atom stereocenters. The Kier molecular flexibility index (Phi) is 4.06. The van der Waals surface area contributed by atoms with Gasteiger partial charge in [0.05, 0.1) is 0 Å². The molecule has 1 aromatic carbocycles. The van der Waals surface area contributed by atoms with Gasteiger partial charge in [-0.25, -0.2) is 0 Å². The van der Waals surface area contributed by atoms with Gasteiger partial charge in [-0.3, -0.25) is 4.68 Å². The largest absolute Gasteiger partial charge is 0.346 e. The van der Waals surface area contributed by atoms with Crippen molar-refractivity contribution in [3.63, 3.8) is 0 Å². The predicted molar refractivity (Wildman–Crippen MR) is 86.2 cm³/mol. The van der Waals surface area contributed by atoms with Crippen molar-refractivity contribution in [3.8, 4) is 0 Å². The van der Waals surface area contributed by atoms with Gasteiger partial charge >= 0.3 is 0 Å². The predicted octanol–water partition coefficient (Wildman–Crippen LogP) is 2.86. The van der Waals surface area contributed by atoms with E-state index in [1.807, 2.05) is 23.1 Å². The molecule has 0 saturated heterocycles. The van der Waals surface area contributed by atoms with Gasteiger partial charge in [0.25, 0.3) is 0 Å². The summed E-state index contributed by atoms with van der Waals surface area (Å²) in [5.74, 6) is 0. The minimum atomic E-state index is 0.913. The zero-order chi connectivity index (χ0) is 14.7. The number of aromatic nitrogens is 3. The molecule has 0 spiro atoms. The van der Waals surface area contributed by atoms with Crippen LogP contribution in [0.2, 0.25) is 0 Å². The Morgan fingerprint density at radius 2 is 2.05 bits per heavy atom. The monoisotopic (exact) mass is 282 g/mol. The second kappa shape index (κ2) is 6.14. The SMILES string of the molecule is Cc1c(CNCCCn2cccn2)n(C)c2ccccc12. The Morgan fingerprint density at radius 1 is 1.19 bits per heavy atom. The molecule has 0 bridgehead atoms. The van der Waals surface area contributed by atoms with Crippen LogP contribution in [0.3, 0.4) is 0 Å². The fourth-order valence-electron chi connectivity index (χ4n) is 2.89. The molecule has 2 aromatic heterocycles. The van der Waals surface area contributed by atoms with E-state index in [2.05, 4.69) is 53.2 Å². The zero-order valence-corrected chi connectivity index (χ0v) is 12.7. The molecule has 0 atom stereocenters. The first-order valence-electron chi connectivity index (χ1n) is 7.48. The van der Waals surface area contributed by atoms with E-state index in [1.165, 1.54) is 22.2 Å². The van der Waals surface area contributed by atoms with Crippen LogP contribution in [-0.4, -0.2) is 20.9 Å².